The Bertz CT molecular complexity index is 1780. The van der Waals surface area contributed by atoms with Crippen LogP contribution in [-0.2, 0) is 19.4 Å². The average Bonchev–Trinajstić information content (AvgIpc) is 3.35. The van der Waals surface area contributed by atoms with Gasteiger partial charge in [-0.2, -0.15) is 12.6 Å². The summed E-state index contributed by atoms with van der Waals surface area (Å²) in [7, 11) is 0. The number of hydrogen-bond acceptors (Lipinski definition) is 4. The lowest BCUT2D eigenvalue weighted by atomic mass is 9.98. The summed E-state index contributed by atoms with van der Waals surface area (Å²) in [6.45, 7) is 4.22. The van der Waals surface area contributed by atoms with Crippen LogP contribution < -0.4 is 5.32 Å². The number of thiol groups is 1. The lowest BCUT2D eigenvalue weighted by Gasteiger charge is -2.17. The van der Waals surface area contributed by atoms with Crippen LogP contribution in [-0.4, -0.2) is 38.3 Å². The standard InChI is InChI=1S/C35H34FN3O3S/c1-3-9-32-38-33-22(2)16-26(34(40)37-27(21-43)17-23-10-5-4-6-11-23)19-31(33)39(32)20-25-15-14-24(18-30(25)36)28-12-7-8-13-29(28)35(41)42/h4-8,10-16,18-19,27,43H,3,9,17,20-21H2,1-2H3,(H,37,40)(H,41,42)/t27-/m1/s1. The number of hydrogen-bond donors (Lipinski definition) is 3. The zero-order chi connectivity index (χ0) is 30.5. The van der Waals surface area contributed by atoms with Crippen LogP contribution in [0.4, 0.5) is 4.39 Å². The molecule has 4 aromatic carbocycles. The number of carbonyl (C=O) groups excluding carboxylic acids is 1. The predicted octanol–water partition coefficient (Wildman–Crippen LogP) is 7.12. The van der Waals surface area contributed by atoms with Crippen molar-refractivity contribution in [3.8, 4) is 11.1 Å². The molecular formula is C35H34FN3O3S. The van der Waals surface area contributed by atoms with E-state index in [0.717, 1.165) is 34.4 Å². The monoisotopic (exact) mass is 595 g/mol. The Hall–Kier alpha value is -4.43. The molecule has 0 bridgehead atoms. The van der Waals surface area contributed by atoms with Crippen molar-refractivity contribution < 1.29 is 19.1 Å². The molecule has 1 amide bonds. The molecule has 0 aliphatic heterocycles. The minimum Gasteiger partial charge on any atom is -0.478 e. The maximum Gasteiger partial charge on any atom is 0.336 e. The van der Waals surface area contributed by atoms with Crippen molar-refractivity contribution in [3.63, 3.8) is 0 Å². The Morgan fingerprint density at radius 1 is 1.02 bits per heavy atom. The summed E-state index contributed by atoms with van der Waals surface area (Å²) in [5.41, 5.74) is 5.55. The maximum atomic E-state index is 15.6. The van der Waals surface area contributed by atoms with Crippen molar-refractivity contribution in [2.45, 2.75) is 45.7 Å². The zero-order valence-corrected chi connectivity index (χ0v) is 25.1. The van der Waals surface area contributed by atoms with Gasteiger partial charge in [-0.15, -0.1) is 0 Å². The van der Waals surface area contributed by atoms with Gasteiger partial charge in [0.25, 0.3) is 5.91 Å². The van der Waals surface area contributed by atoms with Crippen LogP contribution in [0.2, 0.25) is 0 Å². The number of aryl methyl sites for hydroxylation is 2. The van der Waals surface area contributed by atoms with E-state index in [1.807, 2.05) is 54.0 Å². The van der Waals surface area contributed by atoms with Crippen LogP contribution in [0.5, 0.6) is 0 Å². The van der Waals surface area contributed by atoms with Gasteiger partial charge in [-0.05, 0) is 66.3 Å². The molecule has 43 heavy (non-hydrogen) atoms. The highest BCUT2D eigenvalue weighted by atomic mass is 32.1. The van der Waals surface area contributed by atoms with Crippen molar-refractivity contribution in [2.24, 2.45) is 0 Å². The number of aromatic nitrogens is 2. The number of nitrogens with one attached hydrogen (secondary N) is 1. The van der Waals surface area contributed by atoms with E-state index in [4.69, 9.17) is 4.98 Å². The smallest absolute Gasteiger partial charge is 0.336 e. The number of halogens is 1. The van der Waals surface area contributed by atoms with Gasteiger partial charge in [0.15, 0.2) is 0 Å². The molecule has 5 aromatic rings. The van der Waals surface area contributed by atoms with Crippen molar-refractivity contribution in [3.05, 3.63) is 124 Å². The van der Waals surface area contributed by atoms with Gasteiger partial charge in [0.05, 0.1) is 23.1 Å². The van der Waals surface area contributed by atoms with Gasteiger partial charge in [-0.3, -0.25) is 4.79 Å². The van der Waals surface area contributed by atoms with E-state index in [9.17, 15) is 14.7 Å². The van der Waals surface area contributed by atoms with Gasteiger partial charge in [-0.25, -0.2) is 14.2 Å². The summed E-state index contributed by atoms with van der Waals surface area (Å²) >= 11 is 4.47. The van der Waals surface area contributed by atoms with Crippen LogP contribution in [0.25, 0.3) is 22.2 Å². The van der Waals surface area contributed by atoms with E-state index < -0.39 is 11.8 Å². The van der Waals surface area contributed by atoms with Crippen LogP contribution in [0, 0.1) is 12.7 Å². The number of fused-ring (bicyclic) bond motifs is 1. The molecule has 0 spiro atoms. The summed E-state index contributed by atoms with van der Waals surface area (Å²) < 4.78 is 17.6. The SMILES string of the molecule is CCCc1nc2c(C)cc(C(=O)N[C@@H](CS)Cc3ccccc3)cc2n1Cc1ccc(-c2ccccc2C(=O)O)cc1F. The Morgan fingerprint density at radius 2 is 1.77 bits per heavy atom. The molecule has 6 nitrogen and oxygen atoms in total. The number of benzene rings is 4. The topological polar surface area (TPSA) is 84.2 Å². The molecule has 0 aliphatic carbocycles. The molecule has 1 atom stereocenters. The molecule has 2 N–H and O–H groups in total. The van der Waals surface area contributed by atoms with Gasteiger partial charge in [0.1, 0.15) is 11.6 Å². The van der Waals surface area contributed by atoms with Crippen molar-refractivity contribution in [2.75, 3.05) is 5.75 Å². The van der Waals surface area contributed by atoms with E-state index in [1.54, 1.807) is 30.3 Å². The second-order valence-corrected chi connectivity index (χ2v) is 11.1. The third-order valence-corrected chi connectivity index (χ3v) is 8.03. The van der Waals surface area contributed by atoms with E-state index >= 15 is 4.39 Å². The van der Waals surface area contributed by atoms with Crippen molar-refractivity contribution in [1.82, 2.24) is 14.9 Å². The second-order valence-electron chi connectivity index (χ2n) is 10.7. The molecule has 5 rings (SSSR count). The molecule has 220 valence electrons. The minimum atomic E-state index is -1.06. The van der Waals surface area contributed by atoms with Crippen LogP contribution in [0.1, 0.15) is 56.6 Å². The minimum absolute atomic E-state index is 0.116. The number of imidazole rings is 1. The van der Waals surface area contributed by atoms with Crippen LogP contribution in [0.15, 0.2) is 84.9 Å². The molecular weight excluding hydrogens is 561 g/mol. The fourth-order valence-corrected chi connectivity index (χ4v) is 5.65. The zero-order valence-electron chi connectivity index (χ0n) is 24.2. The first-order valence-corrected chi connectivity index (χ1v) is 15.0. The summed E-state index contributed by atoms with van der Waals surface area (Å²) in [5.74, 6) is -0.394. The van der Waals surface area contributed by atoms with E-state index in [0.29, 0.717) is 40.8 Å². The number of carbonyl (C=O) groups is 2. The second kappa shape index (κ2) is 13.3. The number of amides is 1. The Labute approximate surface area is 256 Å². The highest BCUT2D eigenvalue weighted by Crippen LogP contribution is 2.28. The lowest BCUT2D eigenvalue weighted by molar-refractivity contribution is 0.0697. The number of carboxylic acid groups (broad SMARTS) is 1. The average molecular weight is 596 g/mol. The maximum absolute atomic E-state index is 15.6. The summed E-state index contributed by atoms with van der Waals surface area (Å²) in [6.07, 6.45) is 2.22. The van der Waals surface area contributed by atoms with Gasteiger partial charge < -0.3 is 15.0 Å². The normalized spacial score (nSPS) is 11.9. The number of aromatic carboxylic acids is 1. The molecule has 0 radical (unpaired) electrons. The highest BCUT2D eigenvalue weighted by molar-refractivity contribution is 7.80. The van der Waals surface area contributed by atoms with Gasteiger partial charge >= 0.3 is 5.97 Å². The fraction of sp³-hybridized carbons (Fsp3) is 0.229. The molecule has 0 saturated heterocycles. The van der Waals surface area contributed by atoms with Crippen molar-refractivity contribution in [1.29, 1.82) is 0 Å². The Morgan fingerprint density at radius 3 is 2.47 bits per heavy atom. The Kier molecular flexibility index (Phi) is 9.26. The first-order chi connectivity index (χ1) is 20.8. The lowest BCUT2D eigenvalue weighted by Crippen LogP contribution is -2.37. The van der Waals surface area contributed by atoms with Gasteiger partial charge in [0.2, 0.25) is 0 Å². The number of rotatable bonds is 11. The van der Waals surface area contributed by atoms with Gasteiger partial charge in [0, 0.05) is 29.3 Å². The fourth-order valence-electron chi connectivity index (χ4n) is 5.43. The molecule has 8 heteroatoms. The molecule has 0 fully saturated rings. The third kappa shape index (κ3) is 6.65. The van der Waals surface area contributed by atoms with Crippen LogP contribution >= 0.6 is 12.6 Å². The van der Waals surface area contributed by atoms with Gasteiger partial charge in [-0.1, -0.05) is 67.6 Å². The summed E-state index contributed by atoms with van der Waals surface area (Å²) in [4.78, 5) is 30.0. The first kappa shape index (κ1) is 30.0. The van der Waals surface area contributed by atoms with E-state index in [-0.39, 0.29) is 24.1 Å². The largest absolute Gasteiger partial charge is 0.478 e. The highest BCUT2D eigenvalue weighted by Gasteiger charge is 2.20. The number of carboxylic acids is 1. The van der Waals surface area contributed by atoms with E-state index in [2.05, 4.69) is 24.9 Å². The molecule has 0 saturated carbocycles. The Balaban J connectivity index is 1.47. The molecule has 0 aliphatic rings. The quantitative estimate of drug-likeness (QED) is 0.142. The molecule has 1 aromatic heterocycles. The van der Waals surface area contributed by atoms with Crippen LogP contribution in [0.3, 0.4) is 0 Å². The predicted molar refractivity (Wildman–Crippen MR) is 172 cm³/mol. The first-order valence-electron chi connectivity index (χ1n) is 14.4. The number of nitrogens with zero attached hydrogens (tertiary/aromatic N) is 2. The molecule has 1 heterocycles. The third-order valence-electron chi connectivity index (χ3n) is 7.59. The van der Waals surface area contributed by atoms with Crippen molar-refractivity contribution >= 4 is 35.5 Å². The summed E-state index contributed by atoms with van der Waals surface area (Å²) in [5, 5.41) is 12.7. The molecule has 0 unspecified atom stereocenters. The summed E-state index contributed by atoms with van der Waals surface area (Å²) in [6, 6.07) is 24.9. The van der Waals surface area contributed by atoms with E-state index in [1.165, 1.54) is 12.1 Å².